The van der Waals surface area contributed by atoms with Gasteiger partial charge in [-0.1, -0.05) is 26.0 Å². The molecule has 0 unspecified atom stereocenters. The number of benzene rings is 1. The molecule has 0 radical (unpaired) electrons. The van der Waals surface area contributed by atoms with Gasteiger partial charge in [0.05, 0.1) is 17.6 Å². The van der Waals surface area contributed by atoms with Gasteiger partial charge in [-0.15, -0.1) is 0 Å². The second kappa shape index (κ2) is 9.89. The summed E-state index contributed by atoms with van der Waals surface area (Å²) < 4.78 is 11.8. The van der Waals surface area contributed by atoms with Crippen molar-refractivity contribution in [3.05, 3.63) is 41.9 Å². The molecule has 0 spiro atoms. The van der Waals surface area contributed by atoms with Crippen molar-refractivity contribution in [2.24, 2.45) is 17.8 Å². The Morgan fingerprint density at radius 2 is 2.17 bits per heavy atom. The number of carbonyl (C=O) groups excluding carboxylic acids is 1. The number of aliphatic hydroxyl groups excluding tert-OH is 1. The third-order valence-corrected chi connectivity index (χ3v) is 5.31. The Hall–Kier alpha value is -2.38. The highest BCUT2D eigenvalue weighted by Crippen LogP contribution is 2.37. The number of carbonyl (C=O) groups is 1. The van der Waals surface area contributed by atoms with Gasteiger partial charge in [0.25, 0.3) is 5.91 Å². The number of hydrogen-bond acceptors (Lipinski definition) is 5. The molecule has 0 bridgehead atoms. The first kappa shape index (κ1) is 21.3. The highest BCUT2D eigenvalue weighted by Gasteiger charge is 2.38. The zero-order valence-corrected chi connectivity index (χ0v) is 17.4. The van der Waals surface area contributed by atoms with E-state index in [1.165, 1.54) is 0 Å². The molecule has 158 valence electrons. The standard InChI is InChI=1S/C22H31N3O4/c1-4-28-22-15(8-7-11-26)16(14(2)3)12-19(29-22)21(27)23-13-20-24-17-9-5-6-10-18(17)25-20/h5-6,9-10,12,14-16,22,26H,4,7-8,11,13H2,1-3H3,(H,23,27)(H,24,25)/t15-,16-,22-/m0/s1. The molecule has 0 saturated heterocycles. The number of rotatable bonds is 9. The molecule has 29 heavy (non-hydrogen) atoms. The number of aliphatic hydroxyl groups is 1. The number of amides is 1. The van der Waals surface area contributed by atoms with Crippen molar-refractivity contribution in [1.29, 1.82) is 0 Å². The summed E-state index contributed by atoms with van der Waals surface area (Å²) in [7, 11) is 0. The predicted octanol–water partition coefficient (Wildman–Crippen LogP) is 3.12. The van der Waals surface area contributed by atoms with Gasteiger partial charge in [0.1, 0.15) is 5.82 Å². The van der Waals surface area contributed by atoms with Gasteiger partial charge >= 0.3 is 0 Å². The number of fused-ring (bicyclic) bond motifs is 1. The van der Waals surface area contributed by atoms with E-state index in [0.29, 0.717) is 30.5 Å². The zero-order chi connectivity index (χ0) is 20.8. The second-order valence-corrected chi connectivity index (χ2v) is 7.71. The second-order valence-electron chi connectivity index (χ2n) is 7.71. The van der Waals surface area contributed by atoms with Gasteiger partial charge in [-0.2, -0.15) is 0 Å². The Labute approximate surface area is 171 Å². The zero-order valence-electron chi connectivity index (χ0n) is 17.4. The van der Waals surface area contributed by atoms with Gasteiger partial charge in [0.2, 0.25) is 6.29 Å². The Kier molecular flexibility index (Phi) is 7.28. The van der Waals surface area contributed by atoms with Crippen LogP contribution >= 0.6 is 0 Å². The van der Waals surface area contributed by atoms with Crippen LogP contribution in [-0.4, -0.2) is 40.5 Å². The number of ether oxygens (including phenoxy) is 2. The average Bonchev–Trinajstić information content (AvgIpc) is 3.13. The van der Waals surface area contributed by atoms with E-state index < -0.39 is 6.29 Å². The number of aromatic nitrogens is 2. The van der Waals surface area contributed by atoms with E-state index in [-0.39, 0.29) is 30.9 Å². The smallest absolute Gasteiger partial charge is 0.286 e. The van der Waals surface area contributed by atoms with Crippen LogP contribution in [0, 0.1) is 17.8 Å². The molecule has 3 atom stereocenters. The van der Waals surface area contributed by atoms with Gasteiger partial charge in [-0.25, -0.2) is 4.98 Å². The van der Waals surface area contributed by atoms with E-state index in [9.17, 15) is 9.90 Å². The third-order valence-electron chi connectivity index (χ3n) is 5.31. The van der Waals surface area contributed by atoms with Crippen LogP contribution in [0.3, 0.4) is 0 Å². The van der Waals surface area contributed by atoms with Gasteiger partial charge in [0, 0.05) is 19.1 Å². The molecule has 2 heterocycles. The summed E-state index contributed by atoms with van der Waals surface area (Å²) in [5.74, 6) is 1.27. The van der Waals surface area contributed by atoms with Crippen molar-refractivity contribution >= 4 is 16.9 Å². The van der Waals surface area contributed by atoms with Crippen LogP contribution in [-0.2, 0) is 20.8 Å². The van der Waals surface area contributed by atoms with Crippen LogP contribution in [0.15, 0.2) is 36.1 Å². The van der Waals surface area contributed by atoms with E-state index in [2.05, 4.69) is 29.1 Å². The minimum absolute atomic E-state index is 0.106. The van der Waals surface area contributed by atoms with E-state index in [0.717, 1.165) is 17.5 Å². The molecule has 1 aliphatic heterocycles. The normalized spacial score (nSPS) is 21.8. The minimum Gasteiger partial charge on any atom is -0.459 e. The molecule has 3 rings (SSSR count). The summed E-state index contributed by atoms with van der Waals surface area (Å²) in [5.41, 5.74) is 1.81. The quantitative estimate of drug-likeness (QED) is 0.600. The molecule has 1 aliphatic rings. The SMILES string of the molecule is CCO[C@H]1OC(C(=O)NCc2nc3ccccc3[nH]2)=C[C@@H](C(C)C)[C@@H]1CCCO. The number of para-hydroxylation sites is 2. The molecular weight excluding hydrogens is 370 g/mol. The van der Waals surface area contributed by atoms with Crippen molar-refractivity contribution in [3.8, 4) is 0 Å². The lowest BCUT2D eigenvalue weighted by atomic mass is 9.78. The molecule has 1 aromatic carbocycles. The van der Waals surface area contributed by atoms with E-state index in [1.54, 1.807) is 0 Å². The predicted molar refractivity (Wildman–Crippen MR) is 111 cm³/mol. The summed E-state index contributed by atoms with van der Waals surface area (Å²) in [6, 6.07) is 7.75. The third kappa shape index (κ3) is 5.16. The minimum atomic E-state index is -0.490. The van der Waals surface area contributed by atoms with Crippen molar-refractivity contribution in [2.45, 2.75) is 46.4 Å². The van der Waals surface area contributed by atoms with Crippen LogP contribution in [0.4, 0.5) is 0 Å². The summed E-state index contributed by atoms with van der Waals surface area (Å²) in [4.78, 5) is 20.5. The maximum atomic E-state index is 12.8. The number of allylic oxidation sites excluding steroid dienone is 1. The highest BCUT2D eigenvalue weighted by molar-refractivity contribution is 5.91. The van der Waals surface area contributed by atoms with Gasteiger partial charge in [0.15, 0.2) is 5.76 Å². The molecular formula is C22H31N3O4. The Morgan fingerprint density at radius 1 is 1.38 bits per heavy atom. The van der Waals surface area contributed by atoms with Crippen LogP contribution in [0.5, 0.6) is 0 Å². The summed E-state index contributed by atoms with van der Waals surface area (Å²) in [5, 5.41) is 12.1. The number of aromatic amines is 1. The molecule has 0 saturated carbocycles. The number of nitrogens with zero attached hydrogens (tertiary/aromatic N) is 1. The van der Waals surface area contributed by atoms with Crippen LogP contribution in [0.2, 0.25) is 0 Å². The summed E-state index contributed by atoms with van der Waals surface area (Å²) >= 11 is 0. The number of imidazole rings is 1. The fourth-order valence-electron chi connectivity index (χ4n) is 3.87. The maximum Gasteiger partial charge on any atom is 0.286 e. The highest BCUT2D eigenvalue weighted by atomic mass is 16.7. The molecule has 1 amide bonds. The Bertz CT molecular complexity index is 812. The molecule has 0 aliphatic carbocycles. The van der Waals surface area contributed by atoms with E-state index in [1.807, 2.05) is 37.3 Å². The number of H-pyrrole nitrogens is 1. The Morgan fingerprint density at radius 3 is 2.86 bits per heavy atom. The van der Waals surface area contributed by atoms with E-state index >= 15 is 0 Å². The molecule has 1 aromatic heterocycles. The first-order valence-electron chi connectivity index (χ1n) is 10.4. The number of hydrogen-bond donors (Lipinski definition) is 3. The molecule has 0 fully saturated rings. The molecule has 7 heteroatoms. The monoisotopic (exact) mass is 401 g/mol. The summed E-state index contributed by atoms with van der Waals surface area (Å²) in [6.45, 7) is 7.09. The van der Waals surface area contributed by atoms with Gasteiger partial charge in [-0.3, -0.25) is 4.79 Å². The lowest BCUT2D eigenvalue weighted by molar-refractivity contribution is -0.175. The van der Waals surface area contributed by atoms with Crippen molar-refractivity contribution in [3.63, 3.8) is 0 Å². The fourth-order valence-corrected chi connectivity index (χ4v) is 3.87. The Balaban J connectivity index is 1.71. The summed E-state index contributed by atoms with van der Waals surface area (Å²) in [6.07, 6.45) is 2.89. The fraction of sp³-hybridized carbons (Fsp3) is 0.545. The lowest BCUT2D eigenvalue weighted by Gasteiger charge is -2.38. The number of nitrogens with one attached hydrogen (secondary N) is 2. The van der Waals surface area contributed by atoms with Crippen molar-refractivity contribution in [2.75, 3.05) is 13.2 Å². The first-order valence-corrected chi connectivity index (χ1v) is 10.4. The van der Waals surface area contributed by atoms with Gasteiger partial charge in [-0.05, 0) is 49.8 Å². The van der Waals surface area contributed by atoms with Crippen LogP contribution in [0.25, 0.3) is 11.0 Å². The molecule has 7 nitrogen and oxygen atoms in total. The van der Waals surface area contributed by atoms with Crippen LogP contribution in [0.1, 0.15) is 39.4 Å². The average molecular weight is 402 g/mol. The first-order chi connectivity index (χ1) is 14.0. The van der Waals surface area contributed by atoms with Crippen molar-refractivity contribution < 1.29 is 19.4 Å². The topological polar surface area (TPSA) is 96.5 Å². The maximum absolute atomic E-state index is 12.8. The van der Waals surface area contributed by atoms with Crippen LogP contribution < -0.4 is 5.32 Å². The molecule has 2 aromatic rings. The van der Waals surface area contributed by atoms with E-state index in [4.69, 9.17) is 9.47 Å². The van der Waals surface area contributed by atoms with Crippen molar-refractivity contribution in [1.82, 2.24) is 15.3 Å². The molecule has 3 N–H and O–H groups in total. The van der Waals surface area contributed by atoms with Gasteiger partial charge < -0.3 is 24.9 Å². The lowest BCUT2D eigenvalue weighted by Crippen LogP contribution is -2.41. The largest absolute Gasteiger partial charge is 0.459 e.